The van der Waals surface area contributed by atoms with E-state index in [1.165, 1.54) is 0 Å². The first-order chi connectivity index (χ1) is 8.80. The average Bonchev–Trinajstić information content (AvgIpc) is 2.09. The maximum atomic E-state index is 11.5. The van der Waals surface area contributed by atoms with Crippen molar-refractivity contribution in [3.63, 3.8) is 0 Å². The predicted octanol–water partition coefficient (Wildman–Crippen LogP) is 2.12. The molecule has 0 aliphatic rings. The van der Waals surface area contributed by atoms with Gasteiger partial charge >= 0.3 is 18.1 Å². The van der Waals surface area contributed by atoms with Crippen molar-refractivity contribution in [2.75, 3.05) is 0 Å². The minimum absolute atomic E-state index is 0.578. The number of carboxylic acids is 1. The van der Waals surface area contributed by atoms with Gasteiger partial charge in [0.2, 0.25) is 6.10 Å². The van der Waals surface area contributed by atoms with E-state index in [0.29, 0.717) is 0 Å². The summed E-state index contributed by atoms with van der Waals surface area (Å²) < 4.78 is 14.4. The number of rotatable bonds is 4. The van der Waals surface area contributed by atoms with E-state index >= 15 is 0 Å². The van der Waals surface area contributed by atoms with E-state index in [-0.39, 0.29) is 0 Å². The van der Waals surface area contributed by atoms with Crippen molar-refractivity contribution in [1.82, 2.24) is 0 Å². The molecule has 1 atom stereocenters. The van der Waals surface area contributed by atoms with Crippen LogP contribution in [-0.4, -0.2) is 40.5 Å². The van der Waals surface area contributed by atoms with Crippen LogP contribution in [0, 0.1) is 0 Å². The second-order valence-corrected chi connectivity index (χ2v) is 6.20. The largest absolute Gasteiger partial charge is 0.509 e. The smallest absolute Gasteiger partial charge is 0.478 e. The van der Waals surface area contributed by atoms with Gasteiger partial charge in [0.15, 0.2) is 0 Å². The fourth-order valence-corrected chi connectivity index (χ4v) is 1.10. The number of carboxylic acid groups (broad SMARTS) is 1. The van der Waals surface area contributed by atoms with Gasteiger partial charge in [-0.15, -0.1) is 0 Å². The normalized spacial score (nSPS) is 13.3. The zero-order valence-electron chi connectivity index (χ0n) is 12.7. The number of hydrogen-bond acceptors (Lipinski definition) is 6. The minimum Gasteiger partial charge on any atom is -0.478 e. The SMILES string of the molecule is CC(C)(C)OC(=O)C[C@H](OC(=O)OC(C)(C)C)C(=O)O. The molecule has 20 heavy (non-hydrogen) atoms. The van der Waals surface area contributed by atoms with Crippen LogP contribution in [0.5, 0.6) is 0 Å². The predicted molar refractivity (Wildman–Crippen MR) is 69.2 cm³/mol. The third-order valence-corrected chi connectivity index (χ3v) is 1.68. The van der Waals surface area contributed by atoms with Gasteiger partial charge in [-0.05, 0) is 41.5 Å². The van der Waals surface area contributed by atoms with E-state index in [2.05, 4.69) is 4.74 Å². The molecule has 0 aromatic rings. The zero-order chi connectivity index (χ0) is 16.1. The number of aliphatic carboxylic acids is 1. The Labute approximate surface area is 118 Å². The van der Waals surface area contributed by atoms with Crippen LogP contribution in [0.25, 0.3) is 0 Å². The number of hydrogen-bond donors (Lipinski definition) is 1. The molecular formula is C13H22O7. The molecule has 0 radical (unpaired) electrons. The van der Waals surface area contributed by atoms with Crippen LogP contribution >= 0.6 is 0 Å². The fourth-order valence-electron chi connectivity index (χ4n) is 1.10. The summed E-state index contributed by atoms with van der Waals surface area (Å²) in [6.45, 7) is 9.77. The Morgan fingerprint density at radius 3 is 1.75 bits per heavy atom. The van der Waals surface area contributed by atoms with E-state index in [1.54, 1.807) is 41.5 Å². The van der Waals surface area contributed by atoms with Gasteiger partial charge < -0.3 is 19.3 Å². The van der Waals surface area contributed by atoms with E-state index in [1.807, 2.05) is 0 Å². The summed E-state index contributed by atoms with van der Waals surface area (Å²) in [5, 5.41) is 8.93. The second kappa shape index (κ2) is 6.58. The molecule has 0 unspecified atom stereocenters. The van der Waals surface area contributed by atoms with E-state index in [4.69, 9.17) is 14.6 Å². The summed E-state index contributed by atoms with van der Waals surface area (Å²) >= 11 is 0. The lowest BCUT2D eigenvalue weighted by Gasteiger charge is -2.22. The molecule has 7 nitrogen and oxygen atoms in total. The standard InChI is InChI=1S/C13H22O7/c1-12(2,3)19-9(14)7-8(10(15)16)18-11(17)20-13(4,5)6/h8H,7H2,1-6H3,(H,15,16)/t8-/m0/s1. The molecule has 0 rings (SSSR count). The van der Waals surface area contributed by atoms with E-state index in [9.17, 15) is 14.4 Å². The quantitative estimate of drug-likeness (QED) is 0.791. The molecule has 116 valence electrons. The molecule has 0 bridgehead atoms. The van der Waals surface area contributed by atoms with Crippen molar-refractivity contribution in [3.8, 4) is 0 Å². The van der Waals surface area contributed by atoms with Crippen LogP contribution in [0.15, 0.2) is 0 Å². The van der Waals surface area contributed by atoms with Crippen LogP contribution < -0.4 is 0 Å². The Kier molecular flexibility index (Phi) is 5.99. The highest BCUT2D eigenvalue weighted by Crippen LogP contribution is 2.13. The lowest BCUT2D eigenvalue weighted by Crippen LogP contribution is -2.35. The molecule has 0 heterocycles. The lowest BCUT2D eigenvalue weighted by atomic mass is 10.2. The van der Waals surface area contributed by atoms with Crippen molar-refractivity contribution < 1.29 is 33.7 Å². The summed E-state index contributed by atoms with van der Waals surface area (Å²) in [5.41, 5.74) is -1.56. The summed E-state index contributed by atoms with van der Waals surface area (Å²) in [7, 11) is 0. The van der Waals surface area contributed by atoms with Gasteiger partial charge in [-0.2, -0.15) is 0 Å². The van der Waals surface area contributed by atoms with Crippen LogP contribution in [0.1, 0.15) is 48.0 Å². The Morgan fingerprint density at radius 2 is 1.40 bits per heavy atom. The van der Waals surface area contributed by atoms with Crippen LogP contribution in [0.4, 0.5) is 4.79 Å². The van der Waals surface area contributed by atoms with Crippen molar-refractivity contribution in [1.29, 1.82) is 0 Å². The van der Waals surface area contributed by atoms with Crippen molar-refractivity contribution >= 4 is 18.1 Å². The Morgan fingerprint density at radius 1 is 0.950 bits per heavy atom. The van der Waals surface area contributed by atoms with Crippen LogP contribution in [0.2, 0.25) is 0 Å². The highest BCUT2D eigenvalue weighted by molar-refractivity contribution is 5.82. The third kappa shape index (κ3) is 9.18. The number of carbonyl (C=O) groups is 3. The highest BCUT2D eigenvalue weighted by Gasteiger charge is 2.30. The molecule has 0 fully saturated rings. The molecule has 0 aliphatic heterocycles. The average molecular weight is 290 g/mol. The molecule has 0 aromatic heterocycles. The maximum Gasteiger partial charge on any atom is 0.509 e. The molecule has 7 heteroatoms. The third-order valence-electron chi connectivity index (χ3n) is 1.68. The molecule has 1 N–H and O–H groups in total. The number of ether oxygens (including phenoxy) is 3. The molecular weight excluding hydrogens is 268 g/mol. The Hall–Kier alpha value is -1.79. The van der Waals surface area contributed by atoms with Crippen LogP contribution in [0.3, 0.4) is 0 Å². The minimum atomic E-state index is -1.64. The topological polar surface area (TPSA) is 99.1 Å². The van der Waals surface area contributed by atoms with Gasteiger partial charge in [0.25, 0.3) is 0 Å². The Balaban J connectivity index is 4.56. The number of carbonyl (C=O) groups excluding carboxylic acids is 2. The van der Waals surface area contributed by atoms with Crippen LogP contribution in [-0.2, 0) is 23.8 Å². The van der Waals surface area contributed by atoms with Crippen molar-refractivity contribution in [3.05, 3.63) is 0 Å². The van der Waals surface area contributed by atoms with Crippen molar-refractivity contribution in [2.24, 2.45) is 0 Å². The van der Waals surface area contributed by atoms with Crippen molar-refractivity contribution in [2.45, 2.75) is 65.3 Å². The molecule has 0 aromatic carbocycles. The highest BCUT2D eigenvalue weighted by atomic mass is 16.7. The maximum absolute atomic E-state index is 11.5. The summed E-state index contributed by atoms with van der Waals surface area (Å²) in [6, 6.07) is 0. The summed E-state index contributed by atoms with van der Waals surface area (Å²) in [4.78, 5) is 33.9. The molecule has 0 saturated carbocycles. The fraction of sp³-hybridized carbons (Fsp3) is 0.769. The van der Waals surface area contributed by atoms with Gasteiger partial charge in [0.05, 0.1) is 6.42 Å². The van der Waals surface area contributed by atoms with E-state index < -0.39 is 41.8 Å². The molecule has 0 saturated heterocycles. The van der Waals surface area contributed by atoms with E-state index in [0.717, 1.165) is 0 Å². The summed E-state index contributed by atoms with van der Waals surface area (Å²) in [5.74, 6) is -2.21. The van der Waals surface area contributed by atoms with Gasteiger partial charge in [-0.25, -0.2) is 9.59 Å². The molecule has 0 spiro atoms. The molecule has 0 amide bonds. The molecule has 0 aliphatic carbocycles. The van der Waals surface area contributed by atoms with Gasteiger partial charge in [0.1, 0.15) is 11.2 Å². The zero-order valence-corrected chi connectivity index (χ0v) is 12.7. The van der Waals surface area contributed by atoms with Gasteiger partial charge in [-0.3, -0.25) is 4.79 Å². The first-order valence-electron chi connectivity index (χ1n) is 6.14. The lowest BCUT2D eigenvalue weighted by molar-refractivity contribution is -0.164. The Bertz CT molecular complexity index is 343. The monoisotopic (exact) mass is 290 g/mol. The summed E-state index contributed by atoms with van der Waals surface area (Å²) in [6.07, 6.45) is -3.36. The number of esters is 1. The second-order valence-electron chi connectivity index (χ2n) is 6.20. The first-order valence-corrected chi connectivity index (χ1v) is 6.14. The van der Waals surface area contributed by atoms with Gasteiger partial charge in [0, 0.05) is 0 Å². The first kappa shape index (κ1) is 18.2. The van der Waals surface area contributed by atoms with Gasteiger partial charge in [-0.1, -0.05) is 0 Å².